The summed E-state index contributed by atoms with van der Waals surface area (Å²) in [6.45, 7) is 2.32. The summed E-state index contributed by atoms with van der Waals surface area (Å²) in [6.07, 6.45) is 1.85. The van der Waals surface area contributed by atoms with Crippen molar-refractivity contribution in [2.75, 3.05) is 0 Å². The van der Waals surface area contributed by atoms with E-state index in [9.17, 15) is 18.3 Å². The van der Waals surface area contributed by atoms with Crippen LogP contribution in [0.1, 0.15) is 20.8 Å². The summed E-state index contributed by atoms with van der Waals surface area (Å²) in [7, 11) is -4.20. The third-order valence-electron chi connectivity index (χ3n) is 4.65. The van der Waals surface area contributed by atoms with E-state index in [1.54, 1.807) is 4.57 Å². The normalized spacial score (nSPS) is 12.4. The Morgan fingerprint density at radius 3 is 2.53 bits per heavy atom. The van der Waals surface area contributed by atoms with Gasteiger partial charge in [-0.05, 0) is 35.4 Å². The van der Waals surface area contributed by atoms with Gasteiger partial charge in [-0.1, -0.05) is 54.6 Å². The monoisotopic (exact) mass is 438 g/mol. The summed E-state index contributed by atoms with van der Waals surface area (Å²) in [5, 5.41) is 11.5. The van der Waals surface area contributed by atoms with Gasteiger partial charge in [-0.25, -0.2) is 4.79 Å². The number of carboxylic acid groups (broad SMARTS) is 1. The number of carbonyl (C=O) groups is 1. The van der Waals surface area contributed by atoms with Crippen LogP contribution in [0.2, 0.25) is 0 Å². The molecule has 30 heavy (non-hydrogen) atoms. The molecule has 1 heterocycles. The molecule has 0 aliphatic rings. The SMILES string of the molecule is Cc1cn(Cc2cccc3ccccc23)/c(=N/S(=O)(=O)c2ccccc2C(=O)O)s1. The Hall–Kier alpha value is -3.23. The molecule has 0 amide bonds. The van der Waals surface area contributed by atoms with E-state index in [1.807, 2.05) is 55.6 Å². The highest BCUT2D eigenvalue weighted by Gasteiger charge is 2.21. The van der Waals surface area contributed by atoms with Crippen molar-refractivity contribution in [1.82, 2.24) is 4.57 Å². The lowest BCUT2D eigenvalue weighted by Crippen LogP contribution is -2.18. The summed E-state index contributed by atoms with van der Waals surface area (Å²) >= 11 is 1.24. The molecule has 0 spiro atoms. The highest BCUT2D eigenvalue weighted by atomic mass is 32.2. The van der Waals surface area contributed by atoms with Gasteiger partial charge in [0.1, 0.15) is 4.90 Å². The van der Waals surface area contributed by atoms with Crippen LogP contribution in [-0.4, -0.2) is 24.1 Å². The first-order valence-electron chi connectivity index (χ1n) is 9.12. The van der Waals surface area contributed by atoms with Gasteiger partial charge in [0, 0.05) is 11.1 Å². The standard InChI is InChI=1S/C22H18N2O4S2/c1-15-13-24(14-17-9-6-8-16-7-2-3-10-18(16)17)22(29-15)23-30(27,28)20-12-5-4-11-19(20)21(25)26/h2-13H,14H2,1H3,(H,25,26)/b23-22-. The molecule has 4 rings (SSSR count). The molecule has 1 aromatic heterocycles. The molecule has 8 heteroatoms. The van der Waals surface area contributed by atoms with Crippen LogP contribution in [0, 0.1) is 6.92 Å². The number of thiazole rings is 1. The number of hydrogen-bond donors (Lipinski definition) is 1. The highest BCUT2D eigenvalue weighted by Crippen LogP contribution is 2.21. The zero-order chi connectivity index (χ0) is 21.3. The lowest BCUT2D eigenvalue weighted by Gasteiger charge is -2.08. The van der Waals surface area contributed by atoms with Crippen molar-refractivity contribution >= 4 is 38.1 Å². The minimum atomic E-state index is -4.20. The van der Waals surface area contributed by atoms with Crippen LogP contribution in [0.25, 0.3) is 10.8 Å². The van der Waals surface area contributed by atoms with E-state index in [0.717, 1.165) is 21.2 Å². The van der Waals surface area contributed by atoms with Gasteiger partial charge in [0.25, 0.3) is 10.0 Å². The Morgan fingerprint density at radius 2 is 1.73 bits per heavy atom. The number of aromatic nitrogens is 1. The number of hydrogen-bond acceptors (Lipinski definition) is 4. The van der Waals surface area contributed by atoms with Crippen molar-refractivity contribution in [2.45, 2.75) is 18.4 Å². The molecule has 0 aliphatic heterocycles. The van der Waals surface area contributed by atoms with Gasteiger partial charge in [-0.3, -0.25) is 0 Å². The van der Waals surface area contributed by atoms with Crippen molar-refractivity contribution in [1.29, 1.82) is 0 Å². The average Bonchev–Trinajstić information content (AvgIpc) is 3.06. The van der Waals surface area contributed by atoms with Crippen molar-refractivity contribution in [3.8, 4) is 0 Å². The molecule has 0 aliphatic carbocycles. The first-order valence-corrected chi connectivity index (χ1v) is 11.4. The van der Waals surface area contributed by atoms with Gasteiger partial charge < -0.3 is 9.67 Å². The molecule has 0 fully saturated rings. The topological polar surface area (TPSA) is 88.7 Å². The number of rotatable bonds is 5. The molecule has 4 aromatic rings. The molecule has 0 bridgehead atoms. The molecule has 0 unspecified atom stereocenters. The van der Waals surface area contributed by atoms with Crippen LogP contribution in [0.5, 0.6) is 0 Å². The van der Waals surface area contributed by atoms with Gasteiger partial charge in [-0.2, -0.15) is 8.42 Å². The molecule has 3 aromatic carbocycles. The quantitative estimate of drug-likeness (QED) is 0.509. The van der Waals surface area contributed by atoms with Crippen LogP contribution in [0.15, 0.2) is 82.2 Å². The maximum atomic E-state index is 12.9. The third kappa shape index (κ3) is 3.92. The first kappa shape index (κ1) is 20.1. The zero-order valence-corrected chi connectivity index (χ0v) is 17.7. The fourth-order valence-corrected chi connectivity index (χ4v) is 5.56. The number of fused-ring (bicyclic) bond motifs is 1. The van der Waals surface area contributed by atoms with Crippen molar-refractivity contribution in [3.63, 3.8) is 0 Å². The Bertz CT molecular complexity index is 1430. The molecule has 1 N–H and O–H groups in total. The number of aromatic carboxylic acids is 1. The van der Waals surface area contributed by atoms with E-state index in [0.29, 0.717) is 11.3 Å². The second kappa shape index (κ2) is 7.89. The number of carboxylic acids is 1. The van der Waals surface area contributed by atoms with Gasteiger partial charge in [0.2, 0.25) is 4.80 Å². The van der Waals surface area contributed by atoms with E-state index >= 15 is 0 Å². The molecule has 0 radical (unpaired) electrons. The van der Waals surface area contributed by atoms with E-state index < -0.39 is 16.0 Å². The summed E-state index contributed by atoms with van der Waals surface area (Å²) < 4.78 is 31.6. The highest BCUT2D eigenvalue weighted by molar-refractivity contribution is 7.90. The largest absolute Gasteiger partial charge is 0.478 e. The van der Waals surface area contributed by atoms with Gasteiger partial charge in [-0.15, -0.1) is 15.7 Å². The number of nitrogens with zero attached hydrogens (tertiary/aromatic N) is 2. The van der Waals surface area contributed by atoms with Gasteiger partial charge in [0.15, 0.2) is 0 Å². The molecule has 0 atom stereocenters. The van der Waals surface area contributed by atoms with Crippen LogP contribution >= 0.6 is 11.3 Å². The smallest absolute Gasteiger partial charge is 0.337 e. The van der Waals surface area contributed by atoms with E-state index in [-0.39, 0.29) is 10.5 Å². The Morgan fingerprint density at radius 1 is 1.03 bits per heavy atom. The summed E-state index contributed by atoms with van der Waals surface area (Å²) in [5.74, 6) is -1.31. The minimum absolute atomic E-state index is 0.292. The van der Waals surface area contributed by atoms with Gasteiger partial charge in [0.05, 0.1) is 12.1 Å². The summed E-state index contributed by atoms with van der Waals surface area (Å²) in [4.78, 5) is 12.3. The molecule has 0 saturated carbocycles. The Kier molecular flexibility index (Phi) is 5.27. The molecule has 6 nitrogen and oxygen atoms in total. The Balaban J connectivity index is 1.82. The fraction of sp³-hybridized carbons (Fsp3) is 0.0909. The lowest BCUT2D eigenvalue weighted by molar-refractivity contribution is 0.0692. The first-order chi connectivity index (χ1) is 14.3. The summed E-state index contributed by atoms with van der Waals surface area (Å²) in [6, 6.07) is 19.5. The van der Waals surface area contributed by atoms with Crippen LogP contribution < -0.4 is 4.80 Å². The van der Waals surface area contributed by atoms with E-state index in [4.69, 9.17) is 0 Å². The number of aryl methyl sites for hydroxylation is 1. The summed E-state index contributed by atoms with van der Waals surface area (Å²) in [5.41, 5.74) is 0.741. The Labute approximate surface area is 177 Å². The molecule has 0 saturated heterocycles. The second-order valence-electron chi connectivity index (χ2n) is 6.76. The molecular weight excluding hydrogens is 420 g/mol. The second-order valence-corrected chi connectivity index (χ2v) is 9.54. The fourth-order valence-electron chi connectivity index (χ4n) is 3.32. The predicted octanol–water partition coefficient (Wildman–Crippen LogP) is 4.05. The van der Waals surface area contributed by atoms with Crippen molar-refractivity contribution in [3.05, 3.63) is 93.7 Å². The zero-order valence-electron chi connectivity index (χ0n) is 16.0. The number of benzene rings is 3. The third-order valence-corrected chi connectivity index (χ3v) is 7.03. The molecule has 152 valence electrons. The van der Waals surface area contributed by atoms with Crippen molar-refractivity contribution < 1.29 is 18.3 Å². The minimum Gasteiger partial charge on any atom is -0.478 e. The average molecular weight is 439 g/mol. The van der Waals surface area contributed by atoms with E-state index in [1.165, 1.54) is 35.6 Å². The maximum absolute atomic E-state index is 12.9. The van der Waals surface area contributed by atoms with E-state index in [2.05, 4.69) is 4.40 Å². The lowest BCUT2D eigenvalue weighted by atomic mass is 10.0. The van der Waals surface area contributed by atoms with Crippen molar-refractivity contribution in [2.24, 2.45) is 4.40 Å². The van der Waals surface area contributed by atoms with Crippen LogP contribution in [0.3, 0.4) is 0 Å². The van der Waals surface area contributed by atoms with Gasteiger partial charge >= 0.3 is 5.97 Å². The maximum Gasteiger partial charge on any atom is 0.337 e. The van der Waals surface area contributed by atoms with Crippen LogP contribution in [0.4, 0.5) is 0 Å². The van der Waals surface area contributed by atoms with Crippen LogP contribution in [-0.2, 0) is 16.6 Å². The number of sulfonamides is 1. The predicted molar refractivity (Wildman–Crippen MR) is 116 cm³/mol. The molecular formula is C22H18N2O4S2.